The second-order valence-corrected chi connectivity index (χ2v) is 7.60. The second-order valence-electron chi connectivity index (χ2n) is 6.65. The SMILES string of the molecule is COc1ccccc1/C=C/c1nc(C#N)c(N2CCN(C(=O)c3cccs3)CC2)o1. The standard InChI is InChI=1S/C22H20N4O3S/c1-28-18-6-3-2-5-16(18)8-9-20-24-17(15-23)22(29-20)26-12-10-25(11-13-26)21(27)19-7-4-14-30-19/h2-9,14H,10-13H2,1H3/b9-8+. The van der Waals surface area contributed by atoms with Crippen molar-refractivity contribution < 1.29 is 13.9 Å². The van der Waals surface area contributed by atoms with Gasteiger partial charge in [0.25, 0.3) is 5.91 Å². The van der Waals surface area contributed by atoms with Gasteiger partial charge in [-0.25, -0.2) is 0 Å². The van der Waals surface area contributed by atoms with Gasteiger partial charge in [0.05, 0.1) is 12.0 Å². The first kappa shape index (κ1) is 19.7. The molecular formula is C22H20N4O3S. The van der Waals surface area contributed by atoms with E-state index in [1.165, 1.54) is 11.3 Å². The zero-order chi connectivity index (χ0) is 20.9. The first-order valence-electron chi connectivity index (χ1n) is 9.49. The van der Waals surface area contributed by atoms with E-state index < -0.39 is 0 Å². The number of hydrogen-bond donors (Lipinski definition) is 0. The van der Waals surface area contributed by atoms with Crippen LogP contribution in [0.3, 0.4) is 0 Å². The molecule has 30 heavy (non-hydrogen) atoms. The third-order valence-corrected chi connectivity index (χ3v) is 5.72. The lowest BCUT2D eigenvalue weighted by Gasteiger charge is -2.34. The Morgan fingerprint density at radius 2 is 2.00 bits per heavy atom. The summed E-state index contributed by atoms with van der Waals surface area (Å²) in [4.78, 5) is 21.3. The zero-order valence-corrected chi connectivity index (χ0v) is 17.3. The van der Waals surface area contributed by atoms with Crippen molar-refractivity contribution in [1.82, 2.24) is 9.88 Å². The number of hydrogen-bond acceptors (Lipinski definition) is 7. The molecule has 0 aliphatic carbocycles. The van der Waals surface area contributed by atoms with Crippen molar-refractivity contribution in [3.8, 4) is 11.8 Å². The third kappa shape index (κ3) is 4.07. The van der Waals surface area contributed by atoms with E-state index in [1.54, 1.807) is 13.2 Å². The number of oxazole rings is 1. The molecule has 0 radical (unpaired) electrons. The summed E-state index contributed by atoms with van der Waals surface area (Å²) in [6.07, 6.45) is 3.56. The van der Waals surface area contributed by atoms with E-state index in [0.29, 0.717) is 38.0 Å². The molecule has 1 amide bonds. The predicted molar refractivity (Wildman–Crippen MR) is 116 cm³/mol. The van der Waals surface area contributed by atoms with Crippen LogP contribution in [-0.4, -0.2) is 49.1 Å². The van der Waals surface area contributed by atoms with Crippen LogP contribution in [-0.2, 0) is 0 Å². The highest BCUT2D eigenvalue weighted by atomic mass is 32.1. The molecule has 0 atom stereocenters. The lowest BCUT2D eigenvalue weighted by molar-refractivity contribution is 0.0750. The van der Waals surface area contributed by atoms with E-state index in [0.717, 1.165) is 16.2 Å². The Bertz CT molecular complexity index is 1090. The normalized spacial score (nSPS) is 14.1. The number of thiophene rings is 1. The van der Waals surface area contributed by atoms with Gasteiger partial charge in [0.2, 0.25) is 17.5 Å². The van der Waals surface area contributed by atoms with Gasteiger partial charge < -0.3 is 19.0 Å². The minimum atomic E-state index is 0.0446. The molecule has 1 fully saturated rings. The van der Waals surface area contributed by atoms with E-state index in [2.05, 4.69) is 11.1 Å². The summed E-state index contributed by atoms with van der Waals surface area (Å²) in [6.45, 7) is 2.29. The maximum Gasteiger partial charge on any atom is 0.264 e. The molecule has 152 valence electrons. The maximum absolute atomic E-state index is 12.5. The van der Waals surface area contributed by atoms with Crippen molar-refractivity contribution in [2.75, 3.05) is 38.2 Å². The van der Waals surface area contributed by atoms with E-state index >= 15 is 0 Å². The topological polar surface area (TPSA) is 82.6 Å². The summed E-state index contributed by atoms with van der Waals surface area (Å²) < 4.78 is 11.2. The molecule has 8 heteroatoms. The molecule has 1 aliphatic heterocycles. The van der Waals surface area contributed by atoms with Gasteiger partial charge in [-0.3, -0.25) is 4.79 Å². The molecule has 1 aliphatic rings. The summed E-state index contributed by atoms with van der Waals surface area (Å²) in [7, 11) is 1.62. The Kier molecular flexibility index (Phi) is 5.82. The predicted octanol–water partition coefficient (Wildman–Crippen LogP) is 3.75. The summed E-state index contributed by atoms with van der Waals surface area (Å²) in [5, 5.41) is 11.4. The molecule has 0 saturated carbocycles. The zero-order valence-electron chi connectivity index (χ0n) is 16.4. The molecule has 1 aromatic carbocycles. The lowest BCUT2D eigenvalue weighted by atomic mass is 10.2. The van der Waals surface area contributed by atoms with Crippen LogP contribution < -0.4 is 9.64 Å². The van der Waals surface area contributed by atoms with Crippen molar-refractivity contribution in [1.29, 1.82) is 5.26 Å². The molecule has 0 unspecified atom stereocenters. The monoisotopic (exact) mass is 420 g/mol. The van der Waals surface area contributed by atoms with Crippen LogP contribution in [0.5, 0.6) is 5.75 Å². The van der Waals surface area contributed by atoms with Crippen LogP contribution in [0, 0.1) is 11.3 Å². The summed E-state index contributed by atoms with van der Waals surface area (Å²) in [5.74, 6) is 1.58. The molecule has 0 spiro atoms. The summed E-state index contributed by atoms with van der Waals surface area (Å²) >= 11 is 1.44. The molecule has 2 aromatic heterocycles. The Labute approximate surface area is 178 Å². The van der Waals surface area contributed by atoms with E-state index in [1.807, 2.05) is 57.7 Å². The van der Waals surface area contributed by atoms with Gasteiger partial charge in [0.15, 0.2) is 0 Å². The number of carbonyl (C=O) groups excluding carboxylic acids is 1. The fourth-order valence-corrected chi connectivity index (χ4v) is 4.01. The number of benzene rings is 1. The quantitative estimate of drug-likeness (QED) is 0.625. The van der Waals surface area contributed by atoms with Crippen LogP contribution in [0.25, 0.3) is 12.2 Å². The lowest BCUT2D eigenvalue weighted by Crippen LogP contribution is -2.48. The molecule has 1 saturated heterocycles. The molecule has 0 bridgehead atoms. The van der Waals surface area contributed by atoms with Crippen LogP contribution >= 0.6 is 11.3 Å². The number of aromatic nitrogens is 1. The summed E-state index contributed by atoms with van der Waals surface area (Å²) in [6, 6.07) is 13.4. The number of nitriles is 1. The van der Waals surface area contributed by atoms with Crippen molar-refractivity contribution in [3.63, 3.8) is 0 Å². The van der Waals surface area contributed by atoms with Crippen molar-refractivity contribution in [2.24, 2.45) is 0 Å². The van der Waals surface area contributed by atoms with Gasteiger partial charge in [-0.1, -0.05) is 24.3 Å². The van der Waals surface area contributed by atoms with E-state index in [4.69, 9.17) is 9.15 Å². The summed E-state index contributed by atoms with van der Waals surface area (Å²) in [5.41, 5.74) is 1.13. The number of anilines is 1. The number of methoxy groups -OCH3 is 1. The highest BCUT2D eigenvalue weighted by Crippen LogP contribution is 2.26. The Balaban J connectivity index is 1.47. The maximum atomic E-state index is 12.5. The smallest absolute Gasteiger partial charge is 0.264 e. The minimum absolute atomic E-state index is 0.0446. The number of rotatable bonds is 5. The highest BCUT2D eigenvalue weighted by molar-refractivity contribution is 7.12. The van der Waals surface area contributed by atoms with Crippen molar-refractivity contribution >= 4 is 35.3 Å². The van der Waals surface area contributed by atoms with Gasteiger partial charge in [0, 0.05) is 37.8 Å². The van der Waals surface area contributed by atoms with Crippen LogP contribution in [0.1, 0.15) is 26.8 Å². The number of carbonyl (C=O) groups is 1. The number of ether oxygens (including phenoxy) is 1. The van der Waals surface area contributed by atoms with E-state index in [-0.39, 0.29) is 11.6 Å². The Morgan fingerprint density at radius 1 is 1.20 bits per heavy atom. The van der Waals surface area contributed by atoms with Crippen LogP contribution in [0.2, 0.25) is 0 Å². The van der Waals surface area contributed by atoms with Gasteiger partial charge in [-0.15, -0.1) is 11.3 Å². The Hall–Kier alpha value is -3.57. The van der Waals surface area contributed by atoms with Crippen molar-refractivity contribution in [3.05, 3.63) is 63.8 Å². The average Bonchev–Trinajstić information content (AvgIpc) is 3.47. The molecule has 3 heterocycles. The Morgan fingerprint density at radius 3 is 2.70 bits per heavy atom. The van der Waals surface area contributed by atoms with Crippen molar-refractivity contribution in [2.45, 2.75) is 0 Å². The van der Waals surface area contributed by atoms with E-state index in [9.17, 15) is 10.1 Å². The number of piperazine rings is 1. The number of amides is 1. The molecular weight excluding hydrogens is 400 g/mol. The fraction of sp³-hybridized carbons (Fsp3) is 0.227. The number of para-hydroxylation sites is 1. The third-order valence-electron chi connectivity index (χ3n) is 4.86. The fourth-order valence-electron chi connectivity index (χ4n) is 3.32. The van der Waals surface area contributed by atoms with Gasteiger partial charge in [-0.2, -0.15) is 10.2 Å². The van der Waals surface area contributed by atoms with Crippen LogP contribution in [0.4, 0.5) is 5.88 Å². The first-order valence-corrected chi connectivity index (χ1v) is 10.4. The largest absolute Gasteiger partial charge is 0.496 e. The van der Waals surface area contributed by atoms with Gasteiger partial charge >= 0.3 is 0 Å². The van der Waals surface area contributed by atoms with Crippen LogP contribution in [0.15, 0.2) is 46.2 Å². The molecule has 7 nitrogen and oxygen atoms in total. The molecule has 0 N–H and O–H groups in total. The highest BCUT2D eigenvalue weighted by Gasteiger charge is 2.26. The first-order chi connectivity index (χ1) is 14.7. The minimum Gasteiger partial charge on any atom is -0.496 e. The number of nitrogens with zero attached hydrogens (tertiary/aromatic N) is 4. The second kappa shape index (κ2) is 8.84. The average molecular weight is 420 g/mol. The van der Waals surface area contributed by atoms with Gasteiger partial charge in [0.1, 0.15) is 11.8 Å². The molecule has 3 aromatic rings. The van der Waals surface area contributed by atoms with Gasteiger partial charge in [-0.05, 0) is 23.6 Å². The molecule has 4 rings (SSSR count).